The molecule has 2 amide bonds. The Hall–Kier alpha value is -2.71. The third kappa shape index (κ3) is 5.02. The van der Waals surface area contributed by atoms with Gasteiger partial charge in [-0.3, -0.25) is 9.59 Å². The molecule has 0 aromatic heterocycles. The van der Waals surface area contributed by atoms with Crippen LogP contribution in [-0.4, -0.2) is 37.6 Å². The lowest BCUT2D eigenvalue weighted by atomic mass is 9.97. The first kappa shape index (κ1) is 21.0. The molecule has 3 N–H and O–H groups in total. The fraction of sp³-hybridized carbons (Fsp3) is 0.333. The zero-order valence-corrected chi connectivity index (χ0v) is 17.1. The summed E-state index contributed by atoms with van der Waals surface area (Å²) in [7, 11) is -3.56. The van der Waals surface area contributed by atoms with Crippen molar-refractivity contribution in [3.8, 4) is 0 Å². The Kier molecular flexibility index (Phi) is 6.34. The summed E-state index contributed by atoms with van der Waals surface area (Å²) in [6.45, 7) is 2.48. The fourth-order valence-corrected chi connectivity index (χ4v) is 4.91. The molecular weight excluding hydrogens is 390 g/mol. The SMILES string of the molecule is Cc1ccc(S(=O)(=O)N2CCC(C(=O)Nc3ccccc3CC(N)=O)CC2)cc1. The summed E-state index contributed by atoms with van der Waals surface area (Å²) in [6.07, 6.45) is 0.924. The van der Waals surface area contributed by atoms with Gasteiger partial charge >= 0.3 is 0 Å². The van der Waals surface area contributed by atoms with Gasteiger partial charge in [-0.2, -0.15) is 4.31 Å². The number of hydrogen-bond acceptors (Lipinski definition) is 4. The first-order valence-corrected chi connectivity index (χ1v) is 11.0. The highest BCUT2D eigenvalue weighted by Crippen LogP contribution is 2.26. The molecular formula is C21H25N3O4S. The summed E-state index contributed by atoms with van der Waals surface area (Å²) in [5.74, 6) is -0.934. The van der Waals surface area contributed by atoms with Crippen molar-refractivity contribution >= 4 is 27.5 Å². The van der Waals surface area contributed by atoms with E-state index in [4.69, 9.17) is 5.73 Å². The van der Waals surface area contributed by atoms with Crippen molar-refractivity contribution < 1.29 is 18.0 Å². The van der Waals surface area contributed by atoms with Crippen molar-refractivity contribution in [1.82, 2.24) is 4.31 Å². The number of nitrogens with one attached hydrogen (secondary N) is 1. The predicted octanol–water partition coefficient (Wildman–Crippen LogP) is 2.06. The van der Waals surface area contributed by atoms with Gasteiger partial charge in [0.25, 0.3) is 0 Å². The topological polar surface area (TPSA) is 110 Å². The van der Waals surface area contributed by atoms with E-state index in [-0.39, 0.29) is 36.2 Å². The highest BCUT2D eigenvalue weighted by molar-refractivity contribution is 7.89. The number of piperidine rings is 1. The van der Waals surface area contributed by atoms with E-state index in [9.17, 15) is 18.0 Å². The smallest absolute Gasteiger partial charge is 0.243 e. The summed E-state index contributed by atoms with van der Waals surface area (Å²) in [5, 5.41) is 2.86. The first-order valence-electron chi connectivity index (χ1n) is 9.51. The largest absolute Gasteiger partial charge is 0.369 e. The van der Waals surface area contributed by atoms with E-state index in [2.05, 4.69) is 5.32 Å². The Labute approximate surface area is 171 Å². The Morgan fingerprint density at radius 1 is 1.07 bits per heavy atom. The maximum absolute atomic E-state index is 12.8. The number of primary amides is 1. The fourth-order valence-electron chi connectivity index (χ4n) is 3.44. The number of sulfonamides is 1. The van der Waals surface area contributed by atoms with Crippen molar-refractivity contribution in [3.63, 3.8) is 0 Å². The van der Waals surface area contributed by atoms with E-state index in [0.29, 0.717) is 24.1 Å². The van der Waals surface area contributed by atoms with Crippen molar-refractivity contribution in [2.75, 3.05) is 18.4 Å². The lowest BCUT2D eigenvalue weighted by Gasteiger charge is -2.30. The molecule has 0 spiro atoms. The molecule has 0 radical (unpaired) electrons. The summed E-state index contributed by atoms with van der Waals surface area (Å²) in [5.41, 5.74) is 7.48. The number of aryl methyl sites for hydroxylation is 1. The van der Waals surface area contributed by atoms with Crippen LogP contribution in [0.2, 0.25) is 0 Å². The van der Waals surface area contributed by atoms with Crippen molar-refractivity contribution in [1.29, 1.82) is 0 Å². The average Bonchev–Trinajstić information content (AvgIpc) is 2.69. The van der Waals surface area contributed by atoms with E-state index >= 15 is 0 Å². The highest BCUT2D eigenvalue weighted by Gasteiger charge is 2.32. The van der Waals surface area contributed by atoms with Gasteiger partial charge in [0.2, 0.25) is 21.8 Å². The number of nitrogens with two attached hydrogens (primary N) is 1. The van der Waals surface area contributed by atoms with Gasteiger partial charge in [-0.15, -0.1) is 0 Å². The molecule has 29 heavy (non-hydrogen) atoms. The van der Waals surface area contributed by atoms with Gasteiger partial charge < -0.3 is 11.1 Å². The molecule has 0 aliphatic carbocycles. The number of para-hydroxylation sites is 1. The molecule has 1 heterocycles. The Morgan fingerprint density at radius 2 is 1.69 bits per heavy atom. The van der Waals surface area contributed by atoms with Crippen molar-refractivity contribution in [3.05, 3.63) is 59.7 Å². The van der Waals surface area contributed by atoms with Gasteiger partial charge in [0.05, 0.1) is 11.3 Å². The Bertz CT molecular complexity index is 995. The number of amides is 2. The molecule has 0 bridgehead atoms. The predicted molar refractivity (Wildman–Crippen MR) is 111 cm³/mol. The van der Waals surface area contributed by atoms with Crippen LogP contribution < -0.4 is 11.1 Å². The number of hydrogen-bond donors (Lipinski definition) is 2. The lowest BCUT2D eigenvalue weighted by Crippen LogP contribution is -2.41. The van der Waals surface area contributed by atoms with E-state index in [1.54, 1.807) is 48.5 Å². The Balaban J connectivity index is 1.63. The number of anilines is 1. The van der Waals surface area contributed by atoms with Crippen molar-refractivity contribution in [2.24, 2.45) is 11.7 Å². The summed E-state index contributed by atoms with van der Waals surface area (Å²) >= 11 is 0. The third-order valence-corrected chi connectivity index (χ3v) is 7.04. The minimum atomic E-state index is -3.56. The number of rotatable bonds is 6. The minimum absolute atomic E-state index is 0.0453. The standard InChI is InChI=1S/C21H25N3O4S/c1-15-6-8-18(9-7-15)29(27,28)24-12-10-16(11-13-24)21(26)23-19-5-3-2-4-17(19)14-20(22)25/h2-9,16H,10-14H2,1H3,(H2,22,25)(H,23,26). The lowest BCUT2D eigenvalue weighted by molar-refractivity contribution is -0.121. The van der Waals surface area contributed by atoms with Crippen molar-refractivity contribution in [2.45, 2.75) is 31.1 Å². The van der Waals surface area contributed by atoms with E-state index in [1.807, 2.05) is 6.92 Å². The Morgan fingerprint density at radius 3 is 2.31 bits per heavy atom. The van der Waals surface area contributed by atoms with Gasteiger partial charge in [0, 0.05) is 24.7 Å². The maximum atomic E-state index is 12.8. The second-order valence-electron chi connectivity index (χ2n) is 7.28. The number of carbonyl (C=O) groups excluding carboxylic acids is 2. The molecule has 7 nitrogen and oxygen atoms in total. The van der Waals surface area contributed by atoms with E-state index in [1.165, 1.54) is 4.31 Å². The van der Waals surface area contributed by atoms with E-state index < -0.39 is 15.9 Å². The highest BCUT2D eigenvalue weighted by atomic mass is 32.2. The first-order chi connectivity index (χ1) is 13.8. The molecule has 2 aromatic rings. The summed E-state index contributed by atoms with van der Waals surface area (Å²) in [6, 6.07) is 13.8. The van der Waals surface area contributed by atoms with Gasteiger partial charge in [0.15, 0.2) is 0 Å². The normalized spacial score (nSPS) is 15.8. The molecule has 1 fully saturated rings. The van der Waals surface area contributed by atoms with E-state index in [0.717, 1.165) is 5.56 Å². The number of carbonyl (C=O) groups is 2. The van der Waals surface area contributed by atoms with Gasteiger partial charge in [-0.25, -0.2) is 8.42 Å². The van der Waals surface area contributed by atoms with Crippen LogP contribution in [-0.2, 0) is 26.0 Å². The molecule has 154 valence electrons. The van der Waals surface area contributed by atoms with Crippen LogP contribution in [0.5, 0.6) is 0 Å². The molecule has 1 aliphatic heterocycles. The maximum Gasteiger partial charge on any atom is 0.243 e. The number of nitrogens with zero attached hydrogens (tertiary/aromatic N) is 1. The molecule has 2 aromatic carbocycles. The quantitative estimate of drug-likeness (QED) is 0.752. The van der Waals surface area contributed by atoms with Gasteiger partial charge in [0.1, 0.15) is 0 Å². The molecule has 3 rings (SSSR count). The summed E-state index contributed by atoms with van der Waals surface area (Å²) in [4.78, 5) is 24.2. The molecule has 1 saturated heterocycles. The van der Waals surface area contributed by atoms with Crippen LogP contribution in [0.15, 0.2) is 53.4 Å². The van der Waals surface area contributed by atoms with Crippen LogP contribution in [0, 0.1) is 12.8 Å². The average molecular weight is 416 g/mol. The molecule has 0 atom stereocenters. The summed E-state index contributed by atoms with van der Waals surface area (Å²) < 4.78 is 27.0. The molecule has 0 unspecified atom stereocenters. The van der Waals surface area contributed by atoms with Crippen LogP contribution in [0.25, 0.3) is 0 Å². The molecule has 0 saturated carbocycles. The van der Waals surface area contributed by atoms with Gasteiger partial charge in [-0.1, -0.05) is 35.9 Å². The molecule has 8 heteroatoms. The zero-order valence-electron chi connectivity index (χ0n) is 16.3. The minimum Gasteiger partial charge on any atom is -0.369 e. The van der Waals surface area contributed by atoms with Crippen LogP contribution in [0.3, 0.4) is 0 Å². The third-order valence-electron chi connectivity index (χ3n) is 5.12. The van der Waals surface area contributed by atoms with Gasteiger partial charge in [-0.05, 0) is 43.5 Å². The number of benzene rings is 2. The molecule has 1 aliphatic rings. The van der Waals surface area contributed by atoms with Crippen LogP contribution in [0.1, 0.15) is 24.0 Å². The second kappa shape index (κ2) is 8.75. The monoisotopic (exact) mass is 415 g/mol. The van der Waals surface area contributed by atoms with Crippen LogP contribution in [0.4, 0.5) is 5.69 Å². The second-order valence-corrected chi connectivity index (χ2v) is 9.22. The zero-order chi connectivity index (χ0) is 21.0. The van der Waals surface area contributed by atoms with Crippen LogP contribution >= 0.6 is 0 Å².